The van der Waals surface area contributed by atoms with Crippen molar-refractivity contribution in [3.63, 3.8) is 0 Å². The number of aliphatic imine (C=N–C) groups is 1. The predicted molar refractivity (Wildman–Crippen MR) is 113 cm³/mol. The number of hydrogen-bond donors (Lipinski definition) is 3. The molecule has 0 radical (unpaired) electrons. The number of amides is 1. The van der Waals surface area contributed by atoms with E-state index in [4.69, 9.17) is 10.5 Å². The van der Waals surface area contributed by atoms with Crippen molar-refractivity contribution in [2.45, 2.75) is 38.7 Å². The summed E-state index contributed by atoms with van der Waals surface area (Å²) in [6.45, 7) is 6.26. The number of benzene rings is 1. The first-order chi connectivity index (χ1) is 14.0. The normalized spacial score (nSPS) is 17.0. The van der Waals surface area contributed by atoms with E-state index in [1.165, 1.54) is 12.1 Å². The Labute approximate surface area is 172 Å². The maximum Gasteiger partial charge on any atom is 0.220 e. The van der Waals surface area contributed by atoms with E-state index in [0.717, 1.165) is 57.8 Å². The zero-order chi connectivity index (χ0) is 21.1. The average molecular weight is 408 g/mol. The number of ether oxygens (including phenoxy) is 1. The molecule has 4 N–H and O–H groups in total. The van der Waals surface area contributed by atoms with Gasteiger partial charge in [-0.3, -0.25) is 9.79 Å². The van der Waals surface area contributed by atoms with Crippen LogP contribution in [0.4, 0.5) is 4.39 Å². The van der Waals surface area contributed by atoms with E-state index < -0.39 is 0 Å². The second kappa shape index (κ2) is 12.3. The highest BCUT2D eigenvalue weighted by molar-refractivity contribution is 5.79. The second-order valence-electron chi connectivity index (χ2n) is 7.49. The van der Waals surface area contributed by atoms with Gasteiger partial charge in [0.05, 0.1) is 6.54 Å². The van der Waals surface area contributed by atoms with Crippen LogP contribution in [0.25, 0.3) is 0 Å². The molecule has 7 nitrogen and oxygen atoms in total. The Morgan fingerprint density at radius 1 is 1.34 bits per heavy atom. The number of rotatable bonds is 10. The summed E-state index contributed by atoms with van der Waals surface area (Å²) in [7, 11) is 1.73. The number of halogens is 1. The molecule has 162 valence electrons. The minimum atomic E-state index is -0.308. The number of nitrogens with zero attached hydrogens (tertiary/aromatic N) is 2. The van der Waals surface area contributed by atoms with Crippen LogP contribution in [-0.2, 0) is 4.79 Å². The quantitative estimate of drug-likeness (QED) is 0.312. The number of nitrogens with one attached hydrogen (secondary N) is 2. The van der Waals surface area contributed by atoms with Gasteiger partial charge in [0.25, 0.3) is 0 Å². The number of primary amides is 1. The molecule has 1 aromatic carbocycles. The van der Waals surface area contributed by atoms with Gasteiger partial charge in [-0.1, -0.05) is 6.07 Å². The van der Waals surface area contributed by atoms with Crippen LogP contribution in [0.1, 0.15) is 32.6 Å². The number of likely N-dealkylation sites (tertiary alicyclic amines) is 1. The SMILES string of the molecule is CN=C(NCCCCN1CCC(C(N)=O)CC1)NCC(C)Oc1cccc(F)c1. The number of carbonyl (C=O) groups is 1. The van der Waals surface area contributed by atoms with Crippen LogP contribution in [0.3, 0.4) is 0 Å². The Kier molecular flexibility index (Phi) is 9.70. The van der Waals surface area contributed by atoms with E-state index >= 15 is 0 Å². The van der Waals surface area contributed by atoms with Crippen molar-refractivity contribution in [3.05, 3.63) is 30.1 Å². The summed E-state index contributed by atoms with van der Waals surface area (Å²) in [4.78, 5) is 17.8. The number of carbonyl (C=O) groups excluding carboxylic acids is 1. The lowest BCUT2D eigenvalue weighted by Crippen LogP contribution is -2.42. The van der Waals surface area contributed by atoms with E-state index in [9.17, 15) is 9.18 Å². The molecule has 1 aliphatic heterocycles. The minimum Gasteiger partial charge on any atom is -0.489 e. The first kappa shape index (κ1) is 22.9. The molecule has 1 unspecified atom stereocenters. The van der Waals surface area contributed by atoms with Crippen molar-refractivity contribution < 1.29 is 13.9 Å². The van der Waals surface area contributed by atoms with E-state index in [0.29, 0.717) is 12.3 Å². The highest BCUT2D eigenvalue weighted by Gasteiger charge is 2.22. The molecule has 0 aromatic heterocycles. The van der Waals surface area contributed by atoms with Crippen molar-refractivity contribution >= 4 is 11.9 Å². The lowest BCUT2D eigenvalue weighted by molar-refractivity contribution is -0.123. The van der Waals surface area contributed by atoms with Crippen LogP contribution in [0.2, 0.25) is 0 Å². The second-order valence-corrected chi connectivity index (χ2v) is 7.49. The van der Waals surface area contributed by atoms with E-state index in [-0.39, 0.29) is 23.7 Å². The van der Waals surface area contributed by atoms with E-state index in [1.54, 1.807) is 19.2 Å². The van der Waals surface area contributed by atoms with Crippen molar-refractivity contribution in [2.24, 2.45) is 16.6 Å². The summed E-state index contributed by atoms with van der Waals surface area (Å²) in [5.74, 6) is 0.819. The van der Waals surface area contributed by atoms with Crippen molar-refractivity contribution in [1.29, 1.82) is 0 Å². The van der Waals surface area contributed by atoms with Gasteiger partial charge < -0.3 is 26.0 Å². The highest BCUT2D eigenvalue weighted by atomic mass is 19.1. The van der Waals surface area contributed by atoms with Gasteiger partial charge in [0.1, 0.15) is 17.7 Å². The van der Waals surface area contributed by atoms with Crippen LogP contribution in [0, 0.1) is 11.7 Å². The molecule has 0 bridgehead atoms. The number of unbranched alkanes of at least 4 members (excludes halogenated alkanes) is 1. The molecule has 1 saturated heterocycles. The molecule has 29 heavy (non-hydrogen) atoms. The largest absolute Gasteiger partial charge is 0.489 e. The molecule has 1 amide bonds. The van der Waals surface area contributed by atoms with Gasteiger partial charge in [-0.2, -0.15) is 0 Å². The third-order valence-electron chi connectivity index (χ3n) is 5.10. The van der Waals surface area contributed by atoms with Gasteiger partial charge in [-0.05, 0) is 64.4 Å². The molecule has 8 heteroatoms. The average Bonchev–Trinajstić information content (AvgIpc) is 2.70. The number of nitrogens with two attached hydrogens (primary N) is 1. The lowest BCUT2D eigenvalue weighted by atomic mass is 9.96. The van der Waals surface area contributed by atoms with Crippen LogP contribution in [-0.4, -0.2) is 62.6 Å². The molecule has 1 atom stereocenters. The minimum absolute atomic E-state index is 0.0506. The zero-order valence-corrected chi connectivity index (χ0v) is 17.5. The van der Waals surface area contributed by atoms with Crippen molar-refractivity contribution in [3.8, 4) is 5.75 Å². The standard InChI is InChI=1S/C21H34FN5O2/c1-16(29-19-7-5-6-18(22)14-19)15-26-21(24-2)25-10-3-4-11-27-12-8-17(9-13-27)20(23)28/h5-7,14,16-17H,3-4,8-13,15H2,1-2H3,(H2,23,28)(H2,24,25,26). The maximum absolute atomic E-state index is 13.2. The van der Waals surface area contributed by atoms with E-state index in [1.807, 2.05) is 6.92 Å². The molecular formula is C21H34FN5O2. The van der Waals surface area contributed by atoms with Gasteiger partial charge in [0.15, 0.2) is 5.96 Å². The molecule has 0 aliphatic carbocycles. The van der Waals surface area contributed by atoms with Gasteiger partial charge in [-0.25, -0.2) is 4.39 Å². The summed E-state index contributed by atoms with van der Waals surface area (Å²) < 4.78 is 18.9. The molecule has 1 fully saturated rings. The molecule has 1 aliphatic rings. The molecular weight excluding hydrogens is 373 g/mol. The molecule has 2 rings (SSSR count). The van der Waals surface area contributed by atoms with Crippen LogP contribution in [0.5, 0.6) is 5.75 Å². The summed E-state index contributed by atoms with van der Waals surface area (Å²) >= 11 is 0. The number of guanidine groups is 1. The summed E-state index contributed by atoms with van der Waals surface area (Å²) in [6.07, 6.45) is 3.74. The fourth-order valence-electron chi connectivity index (χ4n) is 3.38. The predicted octanol–water partition coefficient (Wildman–Crippen LogP) is 1.74. The van der Waals surface area contributed by atoms with Crippen LogP contribution < -0.4 is 21.1 Å². The van der Waals surface area contributed by atoms with Gasteiger partial charge >= 0.3 is 0 Å². The topological polar surface area (TPSA) is 92.0 Å². The lowest BCUT2D eigenvalue weighted by Gasteiger charge is -2.30. The van der Waals surface area contributed by atoms with E-state index in [2.05, 4.69) is 20.5 Å². The third-order valence-corrected chi connectivity index (χ3v) is 5.10. The van der Waals surface area contributed by atoms with Crippen LogP contribution >= 0.6 is 0 Å². The Hall–Kier alpha value is -2.35. The molecule has 1 aromatic rings. The fraction of sp³-hybridized carbons (Fsp3) is 0.619. The number of piperidine rings is 1. The Balaban J connectivity index is 1.55. The summed E-state index contributed by atoms with van der Waals surface area (Å²) in [5, 5.41) is 6.53. The highest BCUT2D eigenvalue weighted by Crippen LogP contribution is 2.16. The smallest absolute Gasteiger partial charge is 0.220 e. The molecule has 1 heterocycles. The zero-order valence-electron chi connectivity index (χ0n) is 17.5. The third kappa shape index (κ3) is 8.68. The monoisotopic (exact) mass is 407 g/mol. The van der Waals surface area contributed by atoms with Gasteiger partial charge in [0.2, 0.25) is 5.91 Å². The maximum atomic E-state index is 13.2. The molecule has 0 saturated carbocycles. The van der Waals surface area contributed by atoms with Gasteiger partial charge in [-0.15, -0.1) is 0 Å². The Bertz CT molecular complexity index is 662. The summed E-state index contributed by atoms with van der Waals surface area (Å²) in [5.41, 5.74) is 5.38. The van der Waals surface area contributed by atoms with Crippen molar-refractivity contribution in [2.75, 3.05) is 39.8 Å². The van der Waals surface area contributed by atoms with Crippen molar-refractivity contribution in [1.82, 2.24) is 15.5 Å². The Morgan fingerprint density at radius 3 is 2.76 bits per heavy atom. The first-order valence-electron chi connectivity index (χ1n) is 10.4. The fourth-order valence-corrected chi connectivity index (χ4v) is 3.38. The van der Waals surface area contributed by atoms with Gasteiger partial charge in [0, 0.05) is 25.6 Å². The first-order valence-corrected chi connectivity index (χ1v) is 10.4. The van der Waals surface area contributed by atoms with Crippen LogP contribution in [0.15, 0.2) is 29.3 Å². The summed E-state index contributed by atoms with van der Waals surface area (Å²) in [6, 6.07) is 6.14. The molecule has 0 spiro atoms. The number of hydrogen-bond acceptors (Lipinski definition) is 4. The Morgan fingerprint density at radius 2 is 2.10 bits per heavy atom.